The normalized spacial score (nSPS) is 11.4. The fraction of sp³-hybridized carbons (Fsp3) is 0.929. The first-order valence-corrected chi connectivity index (χ1v) is 5.98. The van der Waals surface area contributed by atoms with E-state index in [1.54, 1.807) is 13.8 Å². The van der Waals surface area contributed by atoms with Crippen LogP contribution in [0.5, 0.6) is 0 Å². The monoisotopic (exact) mass is 283 g/mol. The van der Waals surface area contributed by atoms with E-state index in [1.807, 2.05) is 20.8 Å². The van der Waals surface area contributed by atoms with Gasteiger partial charge in [-0.05, 0) is 19.3 Å². The number of hydrogen-bond acceptors (Lipinski definition) is 4. The summed E-state index contributed by atoms with van der Waals surface area (Å²) < 4.78 is 0. The summed E-state index contributed by atoms with van der Waals surface area (Å²) in [5.41, 5.74) is 4.65. The number of nitrogens with two attached hydrogens (primary N) is 1. The van der Waals surface area contributed by atoms with Crippen molar-refractivity contribution in [1.82, 2.24) is 0 Å². The van der Waals surface area contributed by atoms with Crippen molar-refractivity contribution >= 4 is 5.91 Å². The third-order valence-electron chi connectivity index (χ3n) is 1.69. The van der Waals surface area contributed by atoms with Crippen molar-refractivity contribution in [3.05, 3.63) is 0 Å². The Kier molecular flexibility index (Phi) is 36.7. The topological polar surface area (TPSA) is 104 Å². The minimum atomic E-state index is -0.579. The van der Waals surface area contributed by atoms with Crippen molar-refractivity contribution in [1.29, 1.82) is 0 Å². The van der Waals surface area contributed by atoms with Crippen LogP contribution in [0.3, 0.4) is 0 Å². The maximum Gasteiger partial charge on any atom is 0.217 e. The molecule has 122 valence electrons. The molecule has 5 heteroatoms. The molecule has 2 unspecified atom stereocenters. The van der Waals surface area contributed by atoms with Crippen LogP contribution in [0.25, 0.3) is 0 Å². The molecule has 0 aliphatic carbocycles. The highest BCUT2D eigenvalue weighted by Gasteiger charge is 2.05. The van der Waals surface area contributed by atoms with Crippen molar-refractivity contribution < 1.29 is 20.1 Å². The van der Waals surface area contributed by atoms with Crippen LogP contribution in [-0.2, 0) is 4.79 Å². The van der Waals surface area contributed by atoms with E-state index in [0.717, 1.165) is 0 Å². The minimum absolute atomic E-state index is 0. The van der Waals surface area contributed by atoms with Crippen molar-refractivity contribution in [2.24, 2.45) is 11.7 Å². The molecule has 5 nitrogen and oxygen atoms in total. The number of amides is 1. The number of carbonyl (C=O) groups excluding carboxylic acids is 1. The molecule has 0 rings (SSSR count). The van der Waals surface area contributed by atoms with E-state index in [2.05, 4.69) is 5.73 Å². The number of hydrogen-bond donors (Lipinski definition) is 4. The van der Waals surface area contributed by atoms with Gasteiger partial charge in [0.25, 0.3) is 0 Å². The van der Waals surface area contributed by atoms with Crippen LogP contribution < -0.4 is 5.73 Å². The fourth-order valence-corrected chi connectivity index (χ4v) is 0.341. The lowest BCUT2D eigenvalue weighted by atomic mass is 10.2. The molecule has 0 saturated heterocycles. The molecule has 19 heavy (non-hydrogen) atoms. The molecule has 0 spiro atoms. The first-order valence-electron chi connectivity index (χ1n) is 5.98. The van der Waals surface area contributed by atoms with E-state index in [1.165, 1.54) is 0 Å². The zero-order valence-electron chi connectivity index (χ0n) is 11.7. The van der Waals surface area contributed by atoms with Gasteiger partial charge in [-0.1, -0.05) is 42.5 Å². The van der Waals surface area contributed by atoms with Crippen molar-refractivity contribution in [2.75, 3.05) is 6.61 Å². The van der Waals surface area contributed by atoms with Gasteiger partial charge < -0.3 is 21.1 Å². The maximum atomic E-state index is 9.59. The van der Waals surface area contributed by atoms with Crippen molar-refractivity contribution in [3.63, 3.8) is 0 Å². The molecule has 0 aromatic heterocycles. The van der Waals surface area contributed by atoms with Crippen LogP contribution in [0.1, 0.15) is 62.3 Å². The molecule has 0 heterocycles. The first kappa shape index (κ1) is 31.0. The Morgan fingerprint density at radius 2 is 1.37 bits per heavy atom. The van der Waals surface area contributed by atoms with E-state index in [4.69, 9.17) is 15.3 Å². The number of rotatable bonds is 4. The Morgan fingerprint density at radius 3 is 1.37 bits per heavy atom. The van der Waals surface area contributed by atoms with Gasteiger partial charge in [-0.15, -0.1) is 0 Å². The van der Waals surface area contributed by atoms with Gasteiger partial charge in [0, 0.05) is 13.0 Å². The summed E-state index contributed by atoms with van der Waals surface area (Å²) in [6.07, 6.45) is -0.0532. The molecule has 0 bridgehead atoms. The second-order valence-corrected chi connectivity index (χ2v) is 4.11. The highest BCUT2D eigenvalue weighted by molar-refractivity contribution is 5.73. The fourth-order valence-electron chi connectivity index (χ4n) is 0.341. The standard InChI is InChI=1S/C5H12O2.C4H10O.C3H7NO.2CH4/c1-3-5(7)4(2)6;1-4(2)3-5;1-2-3(4)5;;/h4-7H,3H2,1-2H3;4-5H,3H2,1-2H3;2H2,1H3,(H2,4,5);2*1H4. The Morgan fingerprint density at radius 1 is 1.11 bits per heavy atom. The smallest absolute Gasteiger partial charge is 0.217 e. The Bertz CT molecular complexity index is 162. The average Bonchev–Trinajstić information content (AvgIpc) is 2.29. The van der Waals surface area contributed by atoms with Gasteiger partial charge in [-0.2, -0.15) is 0 Å². The molecule has 2 atom stereocenters. The predicted molar refractivity (Wildman–Crippen MR) is 82.8 cm³/mol. The Labute approximate surface area is 119 Å². The molecule has 0 fully saturated rings. The van der Waals surface area contributed by atoms with Crippen LogP contribution in [0.4, 0.5) is 0 Å². The molecular formula is C14H37NO4. The summed E-state index contributed by atoms with van der Waals surface area (Å²) in [7, 11) is 0. The minimum Gasteiger partial charge on any atom is -0.396 e. The van der Waals surface area contributed by atoms with Crippen LogP contribution in [-0.4, -0.2) is 40.0 Å². The van der Waals surface area contributed by atoms with E-state index in [9.17, 15) is 4.79 Å². The number of aliphatic hydroxyl groups is 3. The summed E-state index contributed by atoms with van der Waals surface area (Å²) in [6.45, 7) is 9.38. The molecule has 5 N–H and O–H groups in total. The lowest BCUT2D eigenvalue weighted by molar-refractivity contribution is -0.117. The summed E-state index contributed by atoms with van der Waals surface area (Å²) in [6, 6.07) is 0. The first-order chi connectivity index (χ1) is 7.72. The van der Waals surface area contributed by atoms with E-state index in [0.29, 0.717) is 25.4 Å². The molecule has 0 radical (unpaired) electrons. The highest BCUT2D eigenvalue weighted by atomic mass is 16.3. The van der Waals surface area contributed by atoms with E-state index in [-0.39, 0.29) is 20.8 Å². The molecular weight excluding hydrogens is 246 g/mol. The summed E-state index contributed by atoms with van der Waals surface area (Å²) in [5.74, 6) is 0.194. The number of primary amides is 1. The van der Waals surface area contributed by atoms with Gasteiger partial charge >= 0.3 is 0 Å². The van der Waals surface area contributed by atoms with Gasteiger partial charge in [-0.3, -0.25) is 4.79 Å². The number of carbonyl (C=O) groups is 1. The number of aliphatic hydroxyl groups excluding tert-OH is 3. The summed E-state index contributed by atoms with van der Waals surface area (Å²) >= 11 is 0. The van der Waals surface area contributed by atoms with E-state index >= 15 is 0 Å². The average molecular weight is 283 g/mol. The second kappa shape index (κ2) is 22.5. The van der Waals surface area contributed by atoms with Gasteiger partial charge in [-0.25, -0.2) is 0 Å². The van der Waals surface area contributed by atoms with Gasteiger partial charge in [0.1, 0.15) is 0 Å². The van der Waals surface area contributed by atoms with Crippen molar-refractivity contribution in [2.45, 2.75) is 74.5 Å². The predicted octanol–water partition coefficient (Wildman–Crippen LogP) is 1.93. The zero-order valence-corrected chi connectivity index (χ0v) is 11.7. The van der Waals surface area contributed by atoms with Gasteiger partial charge in [0.2, 0.25) is 5.91 Å². The SMILES string of the molecule is C.C.CC(C)CO.CCC(N)=O.CCC(O)C(C)O. The molecule has 0 aliphatic heterocycles. The second-order valence-electron chi connectivity index (χ2n) is 4.11. The molecule has 0 aromatic rings. The van der Waals surface area contributed by atoms with Crippen LogP contribution in [0, 0.1) is 5.92 Å². The lowest BCUT2D eigenvalue weighted by Crippen LogP contribution is -2.20. The third kappa shape index (κ3) is 46.8. The van der Waals surface area contributed by atoms with Gasteiger partial charge in [0.05, 0.1) is 12.2 Å². The van der Waals surface area contributed by atoms with Crippen LogP contribution >= 0.6 is 0 Å². The molecule has 1 amide bonds. The molecule has 0 saturated carbocycles. The summed E-state index contributed by atoms with van der Waals surface area (Å²) in [4.78, 5) is 9.59. The maximum absolute atomic E-state index is 9.59. The molecule has 0 aromatic carbocycles. The quantitative estimate of drug-likeness (QED) is 0.633. The summed E-state index contributed by atoms with van der Waals surface area (Å²) in [5, 5.41) is 25.4. The lowest BCUT2D eigenvalue weighted by Gasteiger charge is -2.08. The van der Waals surface area contributed by atoms with Crippen LogP contribution in [0.2, 0.25) is 0 Å². The van der Waals surface area contributed by atoms with Gasteiger partial charge in [0.15, 0.2) is 0 Å². The largest absolute Gasteiger partial charge is 0.396 e. The van der Waals surface area contributed by atoms with Crippen LogP contribution in [0.15, 0.2) is 0 Å². The Hall–Kier alpha value is -0.650. The zero-order chi connectivity index (χ0) is 14.4. The molecule has 0 aliphatic rings. The van der Waals surface area contributed by atoms with E-state index < -0.39 is 12.2 Å². The Balaban J connectivity index is -0.0000000500. The highest BCUT2D eigenvalue weighted by Crippen LogP contribution is 1.94. The third-order valence-corrected chi connectivity index (χ3v) is 1.69. The van der Waals surface area contributed by atoms with Crippen molar-refractivity contribution in [3.8, 4) is 0 Å².